The second-order valence-corrected chi connectivity index (χ2v) is 4.50. The molecule has 1 aromatic heterocycles. The Balaban J connectivity index is 2.55. The molecule has 0 amide bonds. The Labute approximate surface area is 107 Å². The normalized spacial score (nSPS) is 34.6. The van der Waals surface area contributed by atoms with E-state index < -0.39 is 41.8 Å². The molecule has 2 rings (SSSR count). The Kier molecular flexibility index (Phi) is 3.59. The monoisotopic (exact) mass is 272 g/mol. The van der Waals surface area contributed by atoms with Crippen LogP contribution in [0, 0.1) is 0 Å². The first-order chi connectivity index (χ1) is 8.96. The lowest BCUT2D eigenvalue weighted by Crippen LogP contribution is -2.45. The smallest absolute Gasteiger partial charge is 0.325 e. The molecule has 1 aromatic rings. The van der Waals surface area contributed by atoms with E-state index in [0.29, 0.717) is 0 Å². The topological polar surface area (TPSA) is 136 Å². The van der Waals surface area contributed by atoms with Gasteiger partial charge in [0, 0.05) is 6.20 Å². The first-order valence-corrected chi connectivity index (χ1v) is 5.93. The molecule has 0 bridgehead atoms. The first kappa shape index (κ1) is 13.9. The second kappa shape index (κ2) is 4.89. The van der Waals surface area contributed by atoms with E-state index in [9.17, 15) is 19.8 Å². The minimum atomic E-state index is -1.45. The van der Waals surface area contributed by atoms with Crippen molar-refractivity contribution in [3.63, 3.8) is 0 Å². The number of H-pyrrole nitrogens is 2. The largest absolute Gasteiger partial charge is 0.394 e. The molecule has 1 saturated heterocycles. The fourth-order valence-corrected chi connectivity index (χ4v) is 2.46. The minimum Gasteiger partial charge on any atom is -0.394 e. The number of aliphatic hydroxyl groups excluding tert-OH is 3. The van der Waals surface area contributed by atoms with Crippen molar-refractivity contribution in [3.05, 3.63) is 32.6 Å². The standard InChI is InChI=1S/C11H16N2O6/c1-2-11(5-3-12-10(18)13-9(5)17)8(16)7(15)6(4-14)19-11/h3,6-8,14-16H,2,4H2,1H3,(H2,12,13,17,18)/t6-,7-,8-,11+/m1/s1. The van der Waals surface area contributed by atoms with E-state index in [4.69, 9.17) is 9.84 Å². The zero-order valence-corrected chi connectivity index (χ0v) is 10.3. The molecule has 0 aliphatic carbocycles. The summed E-state index contributed by atoms with van der Waals surface area (Å²) in [5.74, 6) is 0. The first-order valence-electron chi connectivity index (χ1n) is 5.93. The van der Waals surface area contributed by atoms with Crippen LogP contribution in [0.5, 0.6) is 0 Å². The highest BCUT2D eigenvalue weighted by Gasteiger charge is 2.55. The molecule has 1 fully saturated rings. The zero-order valence-electron chi connectivity index (χ0n) is 10.3. The molecule has 0 unspecified atom stereocenters. The van der Waals surface area contributed by atoms with Gasteiger partial charge in [0.1, 0.15) is 23.9 Å². The van der Waals surface area contributed by atoms with Crippen molar-refractivity contribution in [2.75, 3.05) is 6.61 Å². The summed E-state index contributed by atoms with van der Waals surface area (Å²) in [7, 11) is 0. The number of aromatic amines is 2. The minimum absolute atomic E-state index is 0.0112. The highest BCUT2D eigenvalue weighted by Crippen LogP contribution is 2.40. The number of aliphatic hydroxyl groups is 3. The van der Waals surface area contributed by atoms with Crippen LogP contribution in [-0.2, 0) is 10.3 Å². The molecule has 1 aliphatic heterocycles. The van der Waals surface area contributed by atoms with Gasteiger partial charge in [-0.3, -0.25) is 9.78 Å². The molecule has 4 atom stereocenters. The number of ether oxygens (including phenoxy) is 1. The molecular weight excluding hydrogens is 256 g/mol. The van der Waals surface area contributed by atoms with Gasteiger partial charge < -0.3 is 25.0 Å². The summed E-state index contributed by atoms with van der Waals surface area (Å²) < 4.78 is 5.49. The van der Waals surface area contributed by atoms with Crippen LogP contribution in [-0.4, -0.2) is 50.2 Å². The maximum atomic E-state index is 11.8. The Hall–Kier alpha value is -1.48. The maximum absolute atomic E-state index is 11.8. The van der Waals surface area contributed by atoms with Gasteiger partial charge in [0.05, 0.1) is 12.2 Å². The molecule has 19 heavy (non-hydrogen) atoms. The van der Waals surface area contributed by atoms with E-state index in [1.807, 2.05) is 4.98 Å². The highest BCUT2D eigenvalue weighted by molar-refractivity contribution is 5.21. The predicted octanol–water partition coefficient (Wildman–Crippen LogP) is -2.22. The fourth-order valence-electron chi connectivity index (χ4n) is 2.46. The Bertz CT molecular complexity index is 567. The third-order valence-corrected chi connectivity index (χ3v) is 3.52. The van der Waals surface area contributed by atoms with E-state index in [-0.39, 0.29) is 12.0 Å². The maximum Gasteiger partial charge on any atom is 0.325 e. The summed E-state index contributed by atoms with van der Waals surface area (Å²) in [5, 5.41) is 29.0. The average Bonchev–Trinajstić information content (AvgIpc) is 2.64. The third-order valence-electron chi connectivity index (χ3n) is 3.52. The Morgan fingerprint density at radius 2 is 2.11 bits per heavy atom. The van der Waals surface area contributed by atoms with E-state index in [2.05, 4.69) is 4.98 Å². The van der Waals surface area contributed by atoms with E-state index in [1.165, 1.54) is 0 Å². The molecule has 8 nitrogen and oxygen atoms in total. The molecule has 0 saturated carbocycles. The van der Waals surface area contributed by atoms with Crippen molar-refractivity contribution in [1.29, 1.82) is 0 Å². The average molecular weight is 272 g/mol. The number of aromatic nitrogens is 2. The van der Waals surface area contributed by atoms with Gasteiger partial charge in [-0.2, -0.15) is 0 Å². The van der Waals surface area contributed by atoms with Crippen LogP contribution in [0.3, 0.4) is 0 Å². The summed E-state index contributed by atoms with van der Waals surface area (Å²) in [5.41, 5.74) is -2.82. The zero-order chi connectivity index (χ0) is 14.2. The Morgan fingerprint density at radius 3 is 2.58 bits per heavy atom. The fraction of sp³-hybridized carbons (Fsp3) is 0.636. The van der Waals surface area contributed by atoms with Crippen LogP contribution in [0.25, 0.3) is 0 Å². The number of hydrogen-bond donors (Lipinski definition) is 5. The number of nitrogens with one attached hydrogen (secondary N) is 2. The SMILES string of the molecule is CC[C@@]1(c2c[nH]c(=O)[nH]c2=O)O[C@H](CO)[C@@H](O)[C@H]1O. The van der Waals surface area contributed by atoms with Gasteiger partial charge in [0.15, 0.2) is 0 Å². The van der Waals surface area contributed by atoms with Gasteiger partial charge in [-0.1, -0.05) is 6.92 Å². The van der Waals surface area contributed by atoms with Crippen LogP contribution >= 0.6 is 0 Å². The number of hydrogen-bond acceptors (Lipinski definition) is 6. The molecule has 5 N–H and O–H groups in total. The molecule has 0 aromatic carbocycles. The van der Waals surface area contributed by atoms with Gasteiger partial charge in [0.25, 0.3) is 5.56 Å². The third kappa shape index (κ3) is 2.02. The summed E-state index contributed by atoms with van der Waals surface area (Å²) in [4.78, 5) is 27.2. The van der Waals surface area contributed by atoms with E-state index in [0.717, 1.165) is 6.20 Å². The lowest BCUT2D eigenvalue weighted by molar-refractivity contribution is -0.101. The van der Waals surface area contributed by atoms with Gasteiger partial charge in [-0.15, -0.1) is 0 Å². The van der Waals surface area contributed by atoms with E-state index >= 15 is 0 Å². The molecule has 1 aliphatic rings. The summed E-state index contributed by atoms with van der Waals surface area (Å²) in [6.45, 7) is 1.18. The van der Waals surface area contributed by atoms with Gasteiger partial charge in [-0.25, -0.2) is 4.79 Å². The summed E-state index contributed by atoms with van der Waals surface area (Å²) in [6, 6.07) is 0. The van der Waals surface area contributed by atoms with Crippen molar-refractivity contribution < 1.29 is 20.1 Å². The summed E-state index contributed by atoms with van der Waals surface area (Å²) >= 11 is 0. The molecule has 8 heteroatoms. The van der Waals surface area contributed by atoms with Crippen LogP contribution in [0.1, 0.15) is 18.9 Å². The molecule has 2 heterocycles. The van der Waals surface area contributed by atoms with Crippen LogP contribution in [0.4, 0.5) is 0 Å². The second-order valence-electron chi connectivity index (χ2n) is 4.50. The Morgan fingerprint density at radius 1 is 1.42 bits per heavy atom. The molecule has 0 spiro atoms. The van der Waals surface area contributed by atoms with Gasteiger partial charge in [-0.05, 0) is 6.42 Å². The van der Waals surface area contributed by atoms with Gasteiger partial charge >= 0.3 is 5.69 Å². The van der Waals surface area contributed by atoms with Crippen molar-refractivity contribution in [3.8, 4) is 0 Å². The van der Waals surface area contributed by atoms with E-state index in [1.54, 1.807) is 6.92 Å². The predicted molar refractivity (Wildman–Crippen MR) is 63.6 cm³/mol. The molecule has 0 radical (unpaired) electrons. The van der Waals surface area contributed by atoms with Crippen molar-refractivity contribution in [2.45, 2.75) is 37.3 Å². The highest BCUT2D eigenvalue weighted by atomic mass is 16.6. The van der Waals surface area contributed by atoms with Crippen molar-refractivity contribution in [2.24, 2.45) is 0 Å². The van der Waals surface area contributed by atoms with Crippen LogP contribution < -0.4 is 11.2 Å². The summed E-state index contributed by atoms with van der Waals surface area (Å²) in [6.07, 6.45) is -2.32. The lowest BCUT2D eigenvalue weighted by atomic mass is 9.86. The lowest BCUT2D eigenvalue weighted by Gasteiger charge is -2.30. The van der Waals surface area contributed by atoms with Crippen LogP contribution in [0.15, 0.2) is 15.8 Å². The van der Waals surface area contributed by atoms with Crippen molar-refractivity contribution >= 4 is 0 Å². The quantitative estimate of drug-likeness (QED) is 0.423. The molecule has 106 valence electrons. The van der Waals surface area contributed by atoms with Crippen LogP contribution in [0.2, 0.25) is 0 Å². The molecular formula is C11H16N2O6. The number of rotatable bonds is 3. The van der Waals surface area contributed by atoms with Crippen molar-refractivity contribution in [1.82, 2.24) is 9.97 Å². The van der Waals surface area contributed by atoms with Gasteiger partial charge in [0.2, 0.25) is 0 Å².